The third-order valence-electron chi connectivity index (χ3n) is 4.60. The van der Waals surface area contributed by atoms with Gasteiger partial charge >= 0.3 is 0 Å². The summed E-state index contributed by atoms with van der Waals surface area (Å²) in [6, 6.07) is 17.5. The van der Waals surface area contributed by atoms with Gasteiger partial charge in [0.15, 0.2) is 5.13 Å². The monoisotopic (exact) mass is 469 g/mol. The molecule has 0 aliphatic carbocycles. The molecule has 158 valence electrons. The first-order chi connectivity index (χ1) is 15.2. The molecule has 0 N–H and O–H groups in total. The van der Waals surface area contributed by atoms with Crippen molar-refractivity contribution >= 4 is 56.0 Å². The number of hydrogen-bond acceptors (Lipinski definition) is 6. The molecule has 5 nitrogen and oxygen atoms in total. The van der Waals surface area contributed by atoms with Gasteiger partial charge in [-0.05, 0) is 29.3 Å². The van der Waals surface area contributed by atoms with E-state index in [-0.39, 0.29) is 5.91 Å². The number of carbonyl (C=O) groups excluding carboxylic acids is 1. The first kappa shape index (κ1) is 21.6. The Hall–Kier alpha value is -2.61. The minimum Gasteiger partial charge on any atom is -0.494 e. The fourth-order valence-corrected chi connectivity index (χ4v) is 5.20. The van der Waals surface area contributed by atoms with E-state index in [2.05, 4.69) is 17.1 Å². The minimum absolute atomic E-state index is 0.0149. The lowest BCUT2D eigenvalue weighted by atomic mass is 10.2. The molecule has 0 fully saturated rings. The summed E-state index contributed by atoms with van der Waals surface area (Å²) in [6.07, 6.45) is 3.48. The highest BCUT2D eigenvalue weighted by Crippen LogP contribution is 2.39. The predicted molar refractivity (Wildman–Crippen MR) is 129 cm³/mol. The van der Waals surface area contributed by atoms with Crippen LogP contribution in [0.4, 0.5) is 5.13 Å². The van der Waals surface area contributed by atoms with Gasteiger partial charge in [0, 0.05) is 18.1 Å². The van der Waals surface area contributed by atoms with Crippen LogP contribution in [0.25, 0.3) is 10.2 Å². The van der Waals surface area contributed by atoms with E-state index in [4.69, 9.17) is 21.3 Å². The maximum atomic E-state index is 13.2. The molecule has 0 aliphatic rings. The molecule has 2 aromatic carbocycles. The number of amides is 1. The number of methoxy groups -OCH3 is 1. The van der Waals surface area contributed by atoms with Gasteiger partial charge in [-0.3, -0.25) is 14.7 Å². The molecule has 31 heavy (non-hydrogen) atoms. The Bertz CT molecular complexity index is 1170. The number of aromatic nitrogens is 2. The van der Waals surface area contributed by atoms with Crippen molar-refractivity contribution in [1.82, 2.24) is 9.97 Å². The van der Waals surface area contributed by atoms with E-state index in [1.54, 1.807) is 48.3 Å². The van der Waals surface area contributed by atoms with Crippen LogP contribution in [0.1, 0.15) is 11.1 Å². The van der Waals surface area contributed by atoms with Crippen LogP contribution in [0, 0.1) is 0 Å². The average Bonchev–Trinajstić information content (AvgIpc) is 3.25. The molecule has 0 aliphatic heterocycles. The van der Waals surface area contributed by atoms with E-state index in [9.17, 15) is 4.79 Å². The van der Waals surface area contributed by atoms with Crippen molar-refractivity contribution in [2.45, 2.75) is 12.3 Å². The van der Waals surface area contributed by atoms with Gasteiger partial charge in [0.25, 0.3) is 0 Å². The zero-order chi connectivity index (χ0) is 21.6. The van der Waals surface area contributed by atoms with Gasteiger partial charge in [0.1, 0.15) is 11.3 Å². The normalized spacial score (nSPS) is 10.9. The van der Waals surface area contributed by atoms with E-state index in [0.29, 0.717) is 33.7 Å². The first-order valence-corrected chi connectivity index (χ1v) is 11.9. The summed E-state index contributed by atoms with van der Waals surface area (Å²) < 4.78 is 6.24. The van der Waals surface area contributed by atoms with Crippen LogP contribution in [0.2, 0.25) is 5.02 Å². The molecule has 0 bridgehead atoms. The van der Waals surface area contributed by atoms with Crippen molar-refractivity contribution in [3.05, 3.63) is 83.1 Å². The number of benzene rings is 2. The number of carbonyl (C=O) groups is 1. The molecule has 0 unspecified atom stereocenters. The minimum atomic E-state index is -0.0149. The third-order valence-corrected chi connectivity index (χ3v) is 7.13. The number of ether oxygens (including phenoxy) is 1. The second kappa shape index (κ2) is 10.1. The number of thiazole rings is 1. The van der Waals surface area contributed by atoms with Crippen molar-refractivity contribution in [1.29, 1.82) is 0 Å². The third kappa shape index (κ3) is 5.18. The van der Waals surface area contributed by atoms with Gasteiger partial charge < -0.3 is 4.74 Å². The van der Waals surface area contributed by atoms with E-state index in [1.165, 1.54) is 16.9 Å². The molecule has 8 heteroatoms. The SMILES string of the molecule is COc1ccc(Cl)c2sc(N(Cc3cccnc3)C(=O)CSCc3ccccc3)nc12. The molecular weight excluding hydrogens is 450 g/mol. The summed E-state index contributed by atoms with van der Waals surface area (Å²) in [4.78, 5) is 23.8. The fourth-order valence-electron chi connectivity index (χ4n) is 3.07. The Morgan fingerprint density at radius 2 is 1.94 bits per heavy atom. The molecule has 2 heterocycles. The highest BCUT2D eigenvalue weighted by Gasteiger charge is 2.22. The number of pyridine rings is 1. The number of thioether (sulfide) groups is 1. The summed E-state index contributed by atoms with van der Waals surface area (Å²) in [5.74, 6) is 1.73. The van der Waals surface area contributed by atoms with Gasteiger partial charge in [0.05, 0.1) is 29.1 Å². The lowest BCUT2D eigenvalue weighted by molar-refractivity contribution is -0.116. The standard InChI is InChI=1S/C23H20ClN3O2S2/c1-29-19-10-9-18(24)22-21(19)26-23(31-22)27(13-17-8-5-11-25-12-17)20(28)15-30-14-16-6-3-2-4-7-16/h2-12H,13-15H2,1H3. The summed E-state index contributed by atoms with van der Waals surface area (Å²) >= 11 is 9.37. The topological polar surface area (TPSA) is 55.3 Å². The first-order valence-electron chi connectivity index (χ1n) is 9.59. The van der Waals surface area contributed by atoms with E-state index < -0.39 is 0 Å². The summed E-state index contributed by atoms with van der Waals surface area (Å²) in [7, 11) is 1.60. The van der Waals surface area contributed by atoms with Gasteiger partial charge in [-0.2, -0.15) is 0 Å². The smallest absolute Gasteiger partial charge is 0.239 e. The van der Waals surface area contributed by atoms with E-state index in [0.717, 1.165) is 16.0 Å². The number of rotatable bonds is 8. The molecule has 1 amide bonds. The Morgan fingerprint density at radius 1 is 1.13 bits per heavy atom. The fraction of sp³-hybridized carbons (Fsp3) is 0.174. The van der Waals surface area contributed by atoms with Gasteiger partial charge in [-0.15, -0.1) is 11.8 Å². The Kier molecular flexibility index (Phi) is 7.06. The zero-order valence-corrected chi connectivity index (χ0v) is 19.2. The lowest BCUT2D eigenvalue weighted by Crippen LogP contribution is -2.32. The van der Waals surface area contributed by atoms with Crippen molar-refractivity contribution < 1.29 is 9.53 Å². The molecule has 4 aromatic rings. The quantitative estimate of drug-likeness (QED) is 0.325. The molecule has 0 radical (unpaired) electrons. The largest absolute Gasteiger partial charge is 0.494 e. The van der Waals surface area contributed by atoms with Crippen molar-refractivity contribution in [3.63, 3.8) is 0 Å². The Morgan fingerprint density at radius 3 is 2.68 bits per heavy atom. The Labute approximate surface area is 194 Å². The van der Waals surface area contributed by atoms with E-state index >= 15 is 0 Å². The summed E-state index contributed by atoms with van der Waals surface area (Å²) in [5.41, 5.74) is 2.78. The molecular formula is C23H20ClN3O2S2. The number of hydrogen-bond donors (Lipinski definition) is 0. The molecule has 0 saturated carbocycles. The molecule has 2 aromatic heterocycles. The second-order valence-corrected chi connectivity index (χ2v) is 9.11. The van der Waals surface area contributed by atoms with Crippen LogP contribution < -0.4 is 9.64 Å². The van der Waals surface area contributed by atoms with Crippen molar-refractivity contribution in [3.8, 4) is 5.75 Å². The number of anilines is 1. The highest BCUT2D eigenvalue weighted by molar-refractivity contribution is 7.99. The molecule has 0 atom stereocenters. The Balaban J connectivity index is 1.60. The highest BCUT2D eigenvalue weighted by atomic mass is 35.5. The van der Waals surface area contributed by atoms with Gasteiger partial charge in [0.2, 0.25) is 5.91 Å². The van der Waals surface area contributed by atoms with Crippen LogP contribution in [0.5, 0.6) is 5.75 Å². The summed E-state index contributed by atoms with van der Waals surface area (Å²) in [6.45, 7) is 0.387. The summed E-state index contributed by atoms with van der Waals surface area (Å²) in [5, 5.41) is 1.18. The molecule has 0 spiro atoms. The van der Waals surface area contributed by atoms with Gasteiger partial charge in [-0.1, -0.05) is 59.3 Å². The second-order valence-electron chi connectivity index (χ2n) is 6.74. The van der Waals surface area contributed by atoms with E-state index in [1.807, 2.05) is 30.3 Å². The maximum Gasteiger partial charge on any atom is 0.239 e. The number of halogens is 1. The van der Waals surface area contributed by atoms with Crippen LogP contribution in [-0.4, -0.2) is 28.7 Å². The molecule has 4 rings (SSSR count). The zero-order valence-electron chi connectivity index (χ0n) is 16.8. The lowest BCUT2D eigenvalue weighted by Gasteiger charge is -2.19. The van der Waals surface area contributed by atoms with Crippen LogP contribution in [0.3, 0.4) is 0 Å². The number of fused-ring (bicyclic) bond motifs is 1. The van der Waals surface area contributed by atoms with Crippen LogP contribution >= 0.6 is 34.7 Å². The van der Waals surface area contributed by atoms with Crippen LogP contribution in [0.15, 0.2) is 67.0 Å². The van der Waals surface area contributed by atoms with Gasteiger partial charge in [-0.25, -0.2) is 4.98 Å². The van der Waals surface area contributed by atoms with Crippen LogP contribution in [-0.2, 0) is 17.1 Å². The molecule has 0 saturated heterocycles. The average molecular weight is 470 g/mol. The predicted octanol–water partition coefficient (Wildman–Crippen LogP) is 5.82. The van der Waals surface area contributed by atoms with Crippen molar-refractivity contribution in [2.75, 3.05) is 17.8 Å². The maximum absolute atomic E-state index is 13.2. The number of nitrogens with zero attached hydrogens (tertiary/aromatic N) is 3. The van der Waals surface area contributed by atoms with Crippen molar-refractivity contribution in [2.24, 2.45) is 0 Å².